The van der Waals surface area contributed by atoms with Crippen molar-refractivity contribution in [2.75, 3.05) is 12.4 Å². The molecule has 1 N–H and O–H groups in total. The van der Waals surface area contributed by atoms with Crippen LogP contribution in [0.25, 0.3) is 0 Å². The number of anilines is 1. The van der Waals surface area contributed by atoms with Crippen LogP contribution in [0.5, 0.6) is 11.5 Å². The van der Waals surface area contributed by atoms with Crippen molar-refractivity contribution >= 4 is 11.6 Å². The molecule has 0 aliphatic rings. The maximum absolute atomic E-state index is 13.4. The number of hydrogen-bond acceptors (Lipinski definition) is 4. The molecule has 0 aliphatic carbocycles. The van der Waals surface area contributed by atoms with Crippen molar-refractivity contribution in [2.24, 2.45) is 0 Å². The zero-order chi connectivity index (χ0) is 24.1. The molecular formula is C27H26FN3O3. The zero-order valence-electron chi connectivity index (χ0n) is 19.3. The average molecular weight is 460 g/mol. The van der Waals surface area contributed by atoms with Crippen LogP contribution < -0.4 is 14.8 Å². The number of ether oxygens (including phenoxy) is 2. The Morgan fingerprint density at radius 1 is 1.06 bits per heavy atom. The lowest BCUT2D eigenvalue weighted by Crippen LogP contribution is -2.12. The van der Waals surface area contributed by atoms with E-state index in [2.05, 4.69) is 10.4 Å². The van der Waals surface area contributed by atoms with E-state index in [4.69, 9.17) is 9.47 Å². The van der Waals surface area contributed by atoms with Crippen molar-refractivity contribution in [3.8, 4) is 11.5 Å². The standard InChI is InChI=1S/C27H26FN3O3/c1-18-7-8-19(2)26(11-18)34-17-22-13-21(9-10-25(22)33-3)27(32)30-24-14-29-31(16-24)15-20-5-4-6-23(28)12-20/h4-14,16H,15,17H2,1-3H3,(H,30,32). The molecule has 0 spiro atoms. The van der Waals surface area contributed by atoms with E-state index in [1.807, 2.05) is 38.1 Å². The van der Waals surface area contributed by atoms with Gasteiger partial charge in [-0.1, -0.05) is 24.3 Å². The van der Waals surface area contributed by atoms with Crippen LogP contribution in [0.4, 0.5) is 10.1 Å². The van der Waals surface area contributed by atoms with Crippen molar-refractivity contribution in [3.05, 3.63) is 107 Å². The first-order valence-electron chi connectivity index (χ1n) is 10.9. The quantitative estimate of drug-likeness (QED) is 0.376. The average Bonchev–Trinajstić information content (AvgIpc) is 3.26. The first-order chi connectivity index (χ1) is 16.4. The molecule has 0 saturated heterocycles. The molecule has 6 nitrogen and oxygen atoms in total. The second-order valence-electron chi connectivity index (χ2n) is 8.09. The topological polar surface area (TPSA) is 65.4 Å². The van der Waals surface area contributed by atoms with Gasteiger partial charge in [-0.3, -0.25) is 9.48 Å². The monoisotopic (exact) mass is 459 g/mol. The van der Waals surface area contributed by atoms with Crippen molar-refractivity contribution in [2.45, 2.75) is 27.0 Å². The third kappa shape index (κ3) is 5.61. The third-order valence-corrected chi connectivity index (χ3v) is 5.39. The van der Waals surface area contributed by atoms with Gasteiger partial charge in [0.15, 0.2) is 0 Å². The van der Waals surface area contributed by atoms with Gasteiger partial charge in [0.25, 0.3) is 5.91 Å². The summed E-state index contributed by atoms with van der Waals surface area (Å²) >= 11 is 0. The maximum atomic E-state index is 13.4. The van der Waals surface area contributed by atoms with E-state index >= 15 is 0 Å². The number of nitrogens with zero attached hydrogens (tertiary/aromatic N) is 2. The molecule has 0 bridgehead atoms. The Morgan fingerprint density at radius 2 is 1.91 bits per heavy atom. The lowest BCUT2D eigenvalue weighted by atomic mass is 10.1. The van der Waals surface area contributed by atoms with Gasteiger partial charge in [0.2, 0.25) is 0 Å². The molecule has 0 aliphatic heterocycles. The summed E-state index contributed by atoms with van der Waals surface area (Å²) in [5.74, 6) is 0.864. The molecule has 4 aromatic rings. The summed E-state index contributed by atoms with van der Waals surface area (Å²) in [7, 11) is 1.59. The molecule has 1 amide bonds. The summed E-state index contributed by atoms with van der Waals surface area (Å²) < 4.78 is 26.5. The molecular weight excluding hydrogens is 433 g/mol. The lowest BCUT2D eigenvalue weighted by Gasteiger charge is -2.14. The molecule has 1 heterocycles. The van der Waals surface area contributed by atoms with Crippen molar-refractivity contribution in [1.82, 2.24) is 9.78 Å². The Morgan fingerprint density at radius 3 is 2.71 bits per heavy atom. The Hall–Kier alpha value is -4.13. The second kappa shape index (κ2) is 10.2. The van der Waals surface area contributed by atoms with Gasteiger partial charge in [-0.15, -0.1) is 0 Å². The summed E-state index contributed by atoms with van der Waals surface area (Å²) in [4.78, 5) is 12.9. The molecule has 0 radical (unpaired) electrons. The van der Waals surface area contributed by atoms with Crippen LogP contribution in [0.2, 0.25) is 0 Å². The highest BCUT2D eigenvalue weighted by Crippen LogP contribution is 2.25. The minimum atomic E-state index is -0.296. The number of methoxy groups -OCH3 is 1. The highest BCUT2D eigenvalue weighted by atomic mass is 19.1. The number of hydrogen-bond donors (Lipinski definition) is 1. The molecule has 174 valence electrons. The first kappa shape index (κ1) is 23.0. The fourth-order valence-corrected chi connectivity index (χ4v) is 3.59. The van der Waals surface area contributed by atoms with Gasteiger partial charge >= 0.3 is 0 Å². The summed E-state index contributed by atoms with van der Waals surface area (Å²) in [6.07, 6.45) is 3.27. The predicted octanol–water partition coefficient (Wildman–Crippen LogP) is 5.53. The first-order valence-corrected chi connectivity index (χ1v) is 10.9. The van der Waals surface area contributed by atoms with Gasteiger partial charge in [-0.2, -0.15) is 5.10 Å². The summed E-state index contributed by atoms with van der Waals surface area (Å²) in [5.41, 5.74) is 4.71. The number of halogens is 1. The van der Waals surface area contributed by atoms with Crippen molar-refractivity contribution in [3.63, 3.8) is 0 Å². The molecule has 0 saturated carbocycles. The largest absolute Gasteiger partial charge is 0.496 e. The van der Waals surface area contributed by atoms with Gasteiger partial charge in [0, 0.05) is 17.3 Å². The smallest absolute Gasteiger partial charge is 0.255 e. The van der Waals surface area contributed by atoms with E-state index in [1.54, 1.807) is 48.5 Å². The van der Waals surface area contributed by atoms with Crippen LogP contribution in [-0.2, 0) is 13.2 Å². The molecule has 0 unspecified atom stereocenters. The second-order valence-corrected chi connectivity index (χ2v) is 8.09. The molecule has 1 aromatic heterocycles. The Balaban J connectivity index is 1.45. The number of nitrogens with one attached hydrogen (secondary N) is 1. The van der Waals surface area contributed by atoms with Crippen LogP contribution in [0, 0.1) is 19.7 Å². The van der Waals surface area contributed by atoms with Gasteiger partial charge in [0.05, 0.1) is 25.5 Å². The number of carbonyl (C=O) groups excluding carboxylic acids is 1. The highest BCUT2D eigenvalue weighted by molar-refractivity contribution is 6.04. The number of benzene rings is 3. The molecule has 3 aromatic carbocycles. The van der Waals surface area contributed by atoms with E-state index in [-0.39, 0.29) is 18.3 Å². The van der Waals surface area contributed by atoms with Crippen LogP contribution in [0.3, 0.4) is 0 Å². The molecule has 0 atom stereocenters. The highest BCUT2D eigenvalue weighted by Gasteiger charge is 2.13. The van der Waals surface area contributed by atoms with E-state index in [9.17, 15) is 9.18 Å². The SMILES string of the molecule is COc1ccc(C(=O)Nc2cnn(Cc3cccc(F)c3)c2)cc1COc1cc(C)ccc1C. The summed E-state index contributed by atoms with van der Waals surface area (Å²) in [6, 6.07) is 17.6. The minimum Gasteiger partial charge on any atom is -0.496 e. The van der Waals surface area contributed by atoms with E-state index in [1.165, 1.54) is 12.1 Å². The minimum absolute atomic E-state index is 0.264. The van der Waals surface area contributed by atoms with Crippen LogP contribution in [0.1, 0.15) is 32.6 Å². The number of carbonyl (C=O) groups is 1. The van der Waals surface area contributed by atoms with Crippen LogP contribution in [-0.4, -0.2) is 22.8 Å². The third-order valence-electron chi connectivity index (χ3n) is 5.39. The normalized spacial score (nSPS) is 10.7. The lowest BCUT2D eigenvalue weighted by molar-refractivity contribution is 0.102. The fourth-order valence-electron chi connectivity index (χ4n) is 3.59. The van der Waals surface area contributed by atoms with Crippen molar-refractivity contribution in [1.29, 1.82) is 0 Å². The van der Waals surface area contributed by atoms with E-state index in [0.717, 1.165) is 28.0 Å². The Kier molecular flexibility index (Phi) is 6.92. The van der Waals surface area contributed by atoms with Crippen LogP contribution in [0.15, 0.2) is 73.1 Å². The maximum Gasteiger partial charge on any atom is 0.255 e. The van der Waals surface area contributed by atoms with Gasteiger partial charge in [-0.05, 0) is 66.9 Å². The molecule has 34 heavy (non-hydrogen) atoms. The van der Waals surface area contributed by atoms with Gasteiger partial charge < -0.3 is 14.8 Å². The predicted molar refractivity (Wildman–Crippen MR) is 129 cm³/mol. The van der Waals surface area contributed by atoms with E-state index < -0.39 is 0 Å². The Bertz CT molecular complexity index is 1320. The number of rotatable bonds is 8. The molecule has 0 fully saturated rings. The molecule has 4 rings (SSSR count). The summed E-state index contributed by atoms with van der Waals surface area (Å²) in [6.45, 7) is 4.67. The number of amides is 1. The van der Waals surface area contributed by atoms with E-state index in [0.29, 0.717) is 23.5 Å². The zero-order valence-corrected chi connectivity index (χ0v) is 19.3. The van der Waals surface area contributed by atoms with Crippen molar-refractivity contribution < 1.29 is 18.7 Å². The van der Waals surface area contributed by atoms with Gasteiger partial charge in [0.1, 0.15) is 23.9 Å². The van der Waals surface area contributed by atoms with Crippen LogP contribution >= 0.6 is 0 Å². The fraction of sp³-hybridized carbons (Fsp3) is 0.185. The molecule has 7 heteroatoms. The Labute approximate surface area is 198 Å². The summed E-state index contributed by atoms with van der Waals surface area (Å²) in [5, 5.41) is 7.10. The number of aromatic nitrogens is 2. The van der Waals surface area contributed by atoms with Gasteiger partial charge in [-0.25, -0.2) is 4.39 Å². The number of aryl methyl sites for hydroxylation is 2.